The van der Waals surface area contributed by atoms with Gasteiger partial charge in [0.2, 0.25) is 0 Å². The number of rotatable bonds is 3. The van der Waals surface area contributed by atoms with Crippen LogP contribution in [-0.2, 0) is 0 Å². The Morgan fingerprint density at radius 2 is 1.56 bits per heavy atom. The summed E-state index contributed by atoms with van der Waals surface area (Å²) in [6, 6.07) is 25.1. The summed E-state index contributed by atoms with van der Waals surface area (Å²) in [5.41, 5.74) is 3.37. The lowest BCUT2D eigenvalue weighted by Gasteiger charge is -2.38. The zero-order chi connectivity index (χ0) is 17.2. The molecule has 3 aromatic rings. The minimum atomic E-state index is -0.267. The van der Waals surface area contributed by atoms with Crippen molar-refractivity contribution in [3.05, 3.63) is 90.0 Å². The van der Waals surface area contributed by atoms with Crippen molar-refractivity contribution in [1.29, 1.82) is 0 Å². The van der Waals surface area contributed by atoms with E-state index in [1.807, 2.05) is 78.9 Å². The molecule has 1 amide bonds. The third-order valence-electron chi connectivity index (χ3n) is 4.39. The zero-order valence-corrected chi connectivity index (χ0v) is 13.8. The van der Waals surface area contributed by atoms with Crippen molar-refractivity contribution in [2.75, 3.05) is 17.3 Å². The van der Waals surface area contributed by atoms with E-state index in [1.165, 1.54) is 0 Å². The molecule has 0 saturated heterocycles. The summed E-state index contributed by atoms with van der Waals surface area (Å²) in [5, 5.41) is 3.49. The van der Waals surface area contributed by atoms with Crippen LogP contribution in [0.3, 0.4) is 0 Å². The summed E-state index contributed by atoms with van der Waals surface area (Å²) in [6.45, 7) is 0. The number of nitrogens with one attached hydrogen (secondary N) is 1. The lowest BCUT2D eigenvalue weighted by Crippen LogP contribution is -2.43. The number of methoxy groups -OCH3 is 1. The van der Waals surface area contributed by atoms with Gasteiger partial charge in [-0.25, -0.2) is 0 Å². The van der Waals surface area contributed by atoms with Gasteiger partial charge in [0, 0.05) is 11.4 Å². The minimum Gasteiger partial charge on any atom is -0.497 e. The van der Waals surface area contributed by atoms with E-state index < -0.39 is 0 Å². The van der Waals surface area contributed by atoms with E-state index in [9.17, 15) is 4.79 Å². The number of fused-ring (bicyclic) bond motifs is 1. The lowest BCUT2D eigenvalue weighted by molar-refractivity contribution is 0.0975. The molecule has 3 aromatic carbocycles. The van der Waals surface area contributed by atoms with E-state index >= 15 is 0 Å². The number of para-hydroxylation sites is 1. The van der Waals surface area contributed by atoms with Crippen molar-refractivity contribution >= 4 is 17.3 Å². The van der Waals surface area contributed by atoms with Gasteiger partial charge in [-0.05, 0) is 42.0 Å². The van der Waals surface area contributed by atoms with Crippen molar-refractivity contribution in [3.8, 4) is 5.75 Å². The second-order valence-electron chi connectivity index (χ2n) is 5.88. The van der Waals surface area contributed by atoms with Crippen LogP contribution in [0, 0.1) is 0 Å². The van der Waals surface area contributed by atoms with Crippen molar-refractivity contribution in [1.82, 2.24) is 0 Å². The molecule has 0 fully saturated rings. The summed E-state index contributed by atoms with van der Waals surface area (Å²) in [6.07, 6.45) is -0.267. The molecule has 1 N–H and O–H groups in total. The molecular weight excluding hydrogens is 312 g/mol. The average molecular weight is 330 g/mol. The van der Waals surface area contributed by atoms with Gasteiger partial charge < -0.3 is 10.1 Å². The van der Waals surface area contributed by atoms with Crippen LogP contribution >= 0.6 is 0 Å². The normalized spacial score (nSPS) is 16.1. The molecule has 0 spiro atoms. The highest BCUT2D eigenvalue weighted by molar-refractivity contribution is 6.12. The molecule has 25 heavy (non-hydrogen) atoms. The van der Waals surface area contributed by atoms with Crippen molar-refractivity contribution < 1.29 is 9.53 Å². The summed E-state index contributed by atoms with van der Waals surface area (Å²) >= 11 is 0. The van der Waals surface area contributed by atoms with Gasteiger partial charge in [0.1, 0.15) is 11.9 Å². The number of carbonyl (C=O) groups excluding carboxylic acids is 1. The molecule has 0 aromatic heterocycles. The quantitative estimate of drug-likeness (QED) is 0.770. The summed E-state index contributed by atoms with van der Waals surface area (Å²) in [5.74, 6) is 0.742. The van der Waals surface area contributed by atoms with Crippen molar-refractivity contribution in [2.24, 2.45) is 0 Å². The van der Waals surface area contributed by atoms with Crippen LogP contribution in [0.1, 0.15) is 22.1 Å². The Kier molecular flexibility index (Phi) is 3.86. The van der Waals surface area contributed by atoms with Gasteiger partial charge in [-0.2, -0.15) is 0 Å². The van der Waals surface area contributed by atoms with E-state index in [0.717, 1.165) is 22.7 Å². The molecule has 1 heterocycles. The number of hydrogen-bond donors (Lipinski definition) is 1. The van der Waals surface area contributed by atoms with Crippen LogP contribution in [0.25, 0.3) is 0 Å². The average Bonchev–Trinajstić information content (AvgIpc) is 2.69. The highest BCUT2D eigenvalue weighted by Gasteiger charge is 2.33. The molecule has 0 bridgehead atoms. The van der Waals surface area contributed by atoms with Crippen LogP contribution in [0.2, 0.25) is 0 Å². The van der Waals surface area contributed by atoms with Crippen LogP contribution in [0.15, 0.2) is 78.9 Å². The maximum atomic E-state index is 13.2. The van der Waals surface area contributed by atoms with E-state index in [2.05, 4.69) is 5.32 Å². The second-order valence-corrected chi connectivity index (χ2v) is 5.88. The van der Waals surface area contributed by atoms with Crippen LogP contribution < -0.4 is 15.0 Å². The third kappa shape index (κ3) is 2.72. The first kappa shape index (κ1) is 15.3. The summed E-state index contributed by atoms with van der Waals surface area (Å²) in [4.78, 5) is 15.0. The van der Waals surface area contributed by atoms with E-state index in [0.29, 0.717) is 5.56 Å². The summed E-state index contributed by atoms with van der Waals surface area (Å²) < 4.78 is 5.23. The first-order valence-corrected chi connectivity index (χ1v) is 8.16. The fraction of sp³-hybridized carbons (Fsp3) is 0.0952. The molecule has 4 heteroatoms. The Labute approximate surface area is 146 Å². The third-order valence-corrected chi connectivity index (χ3v) is 4.39. The standard InChI is InChI=1S/C21H18N2O2/c1-25-17-13-11-16(12-14-17)23-20(15-7-3-2-4-8-15)22-19-10-6-5-9-18(19)21(23)24/h2-14,20,22H,1H3/t20-/m1/s1. The van der Waals surface area contributed by atoms with E-state index in [1.54, 1.807) is 12.0 Å². The molecule has 4 rings (SSSR count). The molecule has 124 valence electrons. The molecule has 1 atom stereocenters. The molecule has 0 saturated carbocycles. The fourth-order valence-corrected chi connectivity index (χ4v) is 3.13. The van der Waals surface area contributed by atoms with Gasteiger partial charge in [0.15, 0.2) is 0 Å². The molecule has 0 radical (unpaired) electrons. The van der Waals surface area contributed by atoms with Gasteiger partial charge in [-0.3, -0.25) is 9.69 Å². The Balaban J connectivity index is 1.83. The second kappa shape index (κ2) is 6.32. The molecule has 1 aliphatic heterocycles. The van der Waals surface area contributed by atoms with Crippen LogP contribution in [0.4, 0.5) is 11.4 Å². The van der Waals surface area contributed by atoms with Gasteiger partial charge >= 0.3 is 0 Å². The van der Waals surface area contributed by atoms with Crippen LogP contribution in [0.5, 0.6) is 5.75 Å². The predicted octanol–water partition coefficient (Wildman–Crippen LogP) is 4.47. The van der Waals surface area contributed by atoms with Crippen LogP contribution in [-0.4, -0.2) is 13.0 Å². The van der Waals surface area contributed by atoms with Gasteiger partial charge in [0.05, 0.1) is 12.7 Å². The largest absolute Gasteiger partial charge is 0.497 e. The maximum Gasteiger partial charge on any atom is 0.262 e. The monoisotopic (exact) mass is 330 g/mol. The predicted molar refractivity (Wildman–Crippen MR) is 99.1 cm³/mol. The number of carbonyl (C=O) groups is 1. The molecule has 0 aliphatic carbocycles. The number of hydrogen-bond acceptors (Lipinski definition) is 3. The number of anilines is 2. The first-order chi connectivity index (χ1) is 12.3. The highest BCUT2D eigenvalue weighted by atomic mass is 16.5. The molecule has 0 unspecified atom stereocenters. The molecular formula is C21H18N2O2. The first-order valence-electron chi connectivity index (χ1n) is 8.16. The number of benzene rings is 3. The minimum absolute atomic E-state index is 0.0200. The van der Waals surface area contributed by atoms with Gasteiger partial charge in [-0.1, -0.05) is 42.5 Å². The van der Waals surface area contributed by atoms with E-state index in [4.69, 9.17) is 4.74 Å². The fourth-order valence-electron chi connectivity index (χ4n) is 3.13. The topological polar surface area (TPSA) is 41.6 Å². The SMILES string of the molecule is COc1ccc(N2C(=O)c3ccccc3N[C@H]2c2ccccc2)cc1. The van der Waals surface area contributed by atoms with Crippen molar-refractivity contribution in [2.45, 2.75) is 6.17 Å². The molecule has 4 nitrogen and oxygen atoms in total. The maximum absolute atomic E-state index is 13.2. The van der Waals surface area contributed by atoms with Gasteiger partial charge in [0.25, 0.3) is 5.91 Å². The number of amides is 1. The highest BCUT2D eigenvalue weighted by Crippen LogP contribution is 2.36. The van der Waals surface area contributed by atoms with E-state index in [-0.39, 0.29) is 12.1 Å². The number of nitrogens with zero attached hydrogens (tertiary/aromatic N) is 1. The lowest BCUT2D eigenvalue weighted by atomic mass is 10.0. The number of ether oxygens (including phenoxy) is 1. The molecule has 1 aliphatic rings. The zero-order valence-electron chi connectivity index (χ0n) is 13.8. The van der Waals surface area contributed by atoms with Gasteiger partial charge in [-0.15, -0.1) is 0 Å². The smallest absolute Gasteiger partial charge is 0.262 e. The Morgan fingerprint density at radius 1 is 0.880 bits per heavy atom. The van der Waals surface area contributed by atoms with Crippen molar-refractivity contribution in [3.63, 3.8) is 0 Å². The summed E-state index contributed by atoms with van der Waals surface area (Å²) in [7, 11) is 1.63. The Bertz CT molecular complexity index is 891. The Morgan fingerprint density at radius 3 is 2.28 bits per heavy atom. The Hall–Kier alpha value is -3.27.